The fourth-order valence-corrected chi connectivity index (χ4v) is 3.32. The molecular weight excluding hydrogens is 412 g/mol. The van der Waals surface area contributed by atoms with Crippen LogP contribution < -0.4 is 10.1 Å². The van der Waals surface area contributed by atoms with Crippen LogP contribution in [0.15, 0.2) is 54.6 Å². The summed E-state index contributed by atoms with van der Waals surface area (Å²) in [6, 6.07) is 16.6. The fraction of sp³-hybridized carbons (Fsp3) is 0.440. The third-order valence-corrected chi connectivity index (χ3v) is 5.35. The van der Waals surface area contributed by atoms with Crippen LogP contribution in [0.2, 0.25) is 5.02 Å². The Balaban J connectivity index is 1.90. The molecule has 0 saturated heterocycles. The van der Waals surface area contributed by atoms with E-state index in [-0.39, 0.29) is 11.8 Å². The minimum Gasteiger partial charge on any atom is -0.494 e. The van der Waals surface area contributed by atoms with Crippen molar-refractivity contribution >= 4 is 23.4 Å². The highest BCUT2D eigenvalue weighted by molar-refractivity contribution is 6.30. The molecule has 31 heavy (non-hydrogen) atoms. The number of rotatable bonds is 13. The first-order valence-electron chi connectivity index (χ1n) is 11.0. The van der Waals surface area contributed by atoms with E-state index in [1.165, 1.54) is 0 Å². The molecule has 5 nitrogen and oxygen atoms in total. The fourth-order valence-electron chi connectivity index (χ4n) is 3.19. The van der Waals surface area contributed by atoms with Gasteiger partial charge in [-0.2, -0.15) is 0 Å². The van der Waals surface area contributed by atoms with Gasteiger partial charge < -0.3 is 15.0 Å². The maximum Gasteiger partial charge on any atom is 0.242 e. The maximum atomic E-state index is 13.0. The van der Waals surface area contributed by atoms with Crippen LogP contribution >= 0.6 is 11.6 Å². The van der Waals surface area contributed by atoms with E-state index in [1.54, 1.807) is 36.1 Å². The first kappa shape index (κ1) is 24.7. The van der Waals surface area contributed by atoms with Crippen molar-refractivity contribution < 1.29 is 14.3 Å². The monoisotopic (exact) mass is 444 g/mol. The van der Waals surface area contributed by atoms with Gasteiger partial charge in [0.15, 0.2) is 0 Å². The van der Waals surface area contributed by atoms with Crippen molar-refractivity contribution in [1.82, 2.24) is 10.2 Å². The van der Waals surface area contributed by atoms with E-state index < -0.39 is 6.04 Å². The van der Waals surface area contributed by atoms with E-state index in [2.05, 4.69) is 12.2 Å². The molecule has 0 aliphatic heterocycles. The highest BCUT2D eigenvalue weighted by atomic mass is 35.5. The van der Waals surface area contributed by atoms with Crippen molar-refractivity contribution in [2.75, 3.05) is 19.7 Å². The molecule has 0 aliphatic carbocycles. The quantitative estimate of drug-likeness (QED) is 0.448. The number of unbranched alkanes of at least 4 members (excludes halogenated alkanes) is 1. The van der Waals surface area contributed by atoms with Gasteiger partial charge in [-0.15, -0.1) is 0 Å². The molecule has 2 rings (SSSR count). The second kappa shape index (κ2) is 13.7. The van der Waals surface area contributed by atoms with E-state index >= 15 is 0 Å². The van der Waals surface area contributed by atoms with E-state index in [4.69, 9.17) is 16.3 Å². The zero-order valence-electron chi connectivity index (χ0n) is 18.5. The summed E-state index contributed by atoms with van der Waals surface area (Å²) >= 11 is 5.88. The van der Waals surface area contributed by atoms with Crippen LogP contribution in [0.25, 0.3) is 0 Å². The molecule has 1 unspecified atom stereocenters. The molecular formula is C25H33ClN2O3. The third-order valence-electron chi connectivity index (χ3n) is 5.10. The predicted molar refractivity (Wildman–Crippen MR) is 125 cm³/mol. The Morgan fingerprint density at radius 1 is 1.06 bits per heavy atom. The van der Waals surface area contributed by atoms with Crippen LogP contribution in [0, 0.1) is 0 Å². The second-order valence-electron chi connectivity index (χ2n) is 7.55. The van der Waals surface area contributed by atoms with Crippen LogP contribution in [0.5, 0.6) is 5.75 Å². The Bertz CT molecular complexity index is 796. The summed E-state index contributed by atoms with van der Waals surface area (Å²) in [7, 11) is 0. The number of hydrogen-bond acceptors (Lipinski definition) is 3. The summed E-state index contributed by atoms with van der Waals surface area (Å²) in [4.78, 5) is 27.2. The molecule has 0 aromatic heterocycles. The maximum absolute atomic E-state index is 13.0. The summed E-state index contributed by atoms with van der Waals surface area (Å²) in [5.41, 5.74) is 1.14. The lowest BCUT2D eigenvalue weighted by molar-refractivity contribution is -0.140. The van der Waals surface area contributed by atoms with Gasteiger partial charge in [-0.25, -0.2) is 0 Å². The number of nitrogens with one attached hydrogen (secondary N) is 1. The first-order chi connectivity index (χ1) is 15.0. The van der Waals surface area contributed by atoms with Gasteiger partial charge in [0.1, 0.15) is 11.8 Å². The van der Waals surface area contributed by atoms with Crippen molar-refractivity contribution in [3.05, 3.63) is 65.2 Å². The molecule has 0 spiro atoms. The van der Waals surface area contributed by atoms with Crippen LogP contribution in [0.3, 0.4) is 0 Å². The third kappa shape index (κ3) is 9.01. The van der Waals surface area contributed by atoms with Crippen LogP contribution in [0.4, 0.5) is 0 Å². The van der Waals surface area contributed by atoms with E-state index in [0.717, 1.165) is 24.2 Å². The highest BCUT2D eigenvalue weighted by Gasteiger charge is 2.25. The number of benzene rings is 2. The highest BCUT2D eigenvalue weighted by Crippen LogP contribution is 2.16. The Kier molecular flexibility index (Phi) is 10.9. The first-order valence-corrected chi connectivity index (χ1v) is 11.4. The lowest BCUT2D eigenvalue weighted by atomic mass is 10.1. The minimum absolute atomic E-state index is 0.0335. The van der Waals surface area contributed by atoms with E-state index in [1.807, 2.05) is 30.3 Å². The molecule has 0 radical (unpaired) electrons. The molecule has 1 N–H and O–H groups in total. The number of hydrogen-bond donors (Lipinski definition) is 1. The lowest BCUT2D eigenvalue weighted by Gasteiger charge is -2.29. The van der Waals surface area contributed by atoms with Crippen molar-refractivity contribution in [1.29, 1.82) is 0 Å². The van der Waals surface area contributed by atoms with Gasteiger partial charge in [-0.3, -0.25) is 9.59 Å². The summed E-state index contributed by atoms with van der Waals surface area (Å²) < 4.78 is 5.69. The molecule has 0 fully saturated rings. The molecule has 2 aromatic rings. The van der Waals surface area contributed by atoms with Gasteiger partial charge in [0.25, 0.3) is 0 Å². The van der Waals surface area contributed by atoms with Gasteiger partial charge in [-0.05, 0) is 56.0 Å². The number of carbonyl (C=O) groups excluding carboxylic acids is 2. The number of halogens is 1. The largest absolute Gasteiger partial charge is 0.494 e. The topological polar surface area (TPSA) is 58.6 Å². The van der Waals surface area contributed by atoms with Gasteiger partial charge in [-0.1, -0.05) is 55.3 Å². The van der Waals surface area contributed by atoms with Crippen molar-refractivity contribution in [2.45, 2.75) is 52.0 Å². The normalized spacial score (nSPS) is 11.6. The Labute approximate surface area is 190 Å². The SMILES string of the molecule is CCCCNC(=O)C(C)N(CCc1ccccc1)C(=O)CCCOc1ccc(Cl)cc1. The standard InChI is InChI=1S/C25H33ClN2O3/c1-3-4-17-27-25(30)20(2)28(18-16-21-9-6-5-7-10-21)24(29)11-8-19-31-23-14-12-22(26)13-15-23/h5-7,9-10,12-15,20H,3-4,8,11,16-19H2,1-2H3,(H,27,30). The molecule has 6 heteroatoms. The molecule has 0 aliphatic rings. The summed E-state index contributed by atoms with van der Waals surface area (Å²) in [5.74, 6) is 0.586. The number of carbonyl (C=O) groups is 2. The van der Waals surface area contributed by atoms with Crippen LogP contribution in [0.1, 0.15) is 45.1 Å². The van der Waals surface area contributed by atoms with Gasteiger partial charge >= 0.3 is 0 Å². The van der Waals surface area contributed by atoms with Crippen LogP contribution in [-0.2, 0) is 16.0 Å². The summed E-state index contributed by atoms with van der Waals surface area (Å²) in [5, 5.41) is 3.60. The molecule has 168 valence electrons. The minimum atomic E-state index is -0.509. The van der Waals surface area contributed by atoms with Crippen molar-refractivity contribution in [3.63, 3.8) is 0 Å². The van der Waals surface area contributed by atoms with Gasteiger partial charge in [0.2, 0.25) is 11.8 Å². The molecule has 2 amide bonds. The van der Waals surface area contributed by atoms with Crippen molar-refractivity contribution in [2.24, 2.45) is 0 Å². The number of nitrogens with zero attached hydrogens (tertiary/aromatic N) is 1. The average Bonchev–Trinajstić information content (AvgIpc) is 2.78. The summed E-state index contributed by atoms with van der Waals surface area (Å²) in [6.45, 7) is 5.45. The molecule has 2 aromatic carbocycles. The van der Waals surface area contributed by atoms with Gasteiger partial charge in [0.05, 0.1) is 6.61 Å². The molecule has 0 heterocycles. The van der Waals surface area contributed by atoms with Gasteiger partial charge in [0, 0.05) is 24.5 Å². The molecule has 0 saturated carbocycles. The zero-order chi connectivity index (χ0) is 22.5. The Hall–Kier alpha value is -2.53. The van der Waals surface area contributed by atoms with E-state index in [0.29, 0.717) is 44.0 Å². The molecule has 0 bridgehead atoms. The lowest BCUT2D eigenvalue weighted by Crippen LogP contribution is -2.49. The van der Waals surface area contributed by atoms with Crippen molar-refractivity contribution in [3.8, 4) is 5.75 Å². The number of ether oxygens (including phenoxy) is 1. The zero-order valence-corrected chi connectivity index (χ0v) is 19.2. The summed E-state index contributed by atoms with van der Waals surface area (Å²) in [6.07, 6.45) is 3.56. The van der Waals surface area contributed by atoms with E-state index in [9.17, 15) is 9.59 Å². The second-order valence-corrected chi connectivity index (χ2v) is 7.99. The number of amides is 2. The Morgan fingerprint density at radius 2 is 1.77 bits per heavy atom. The van der Waals surface area contributed by atoms with Crippen LogP contribution in [-0.4, -0.2) is 42.5 Å². The average molecular weight is 445 g/mol. The molecule has 1 atom stereocenters. The predicted octanol–water partition coefficient (Wildman–Crippen LogP) is 4.88. The Morgan fingerprint density at radius 3 is 2.45 bits per heavy atom. The smallest absolute Gasteiger partial charge is 0.242 e.